The molecule has 2 aromatic carbocycles. The molecule has 0 amide bonds. The number of nitrogens with zero attached hydrogens (tertiary/aromatic N) is 1. The summed E-state index contributed by atoms with van der Waals surface area (Å²) in [7, 11) is 1.27. The van der Waals surface area contributed by atoms with Crippen LogP contribution >= 0.6 is 0 Å². The molecule has 4 heteroatoms. The molecule has 3 aromatic rings. The van der Waals surface area contributed by atoms with E-state index in [1.165, 1.54) is 13.2 Å². The van der Waals surface area contributed by atoms with Crippen LogP contribution in [0.4, 0.5) is 4.39 Å². The highest BCUT2D eigenvalue weighted by molar-refractivity contribution is 5.96. The summed E-state index contributed by atoms with van der Waals surface area (Å²) in [5.41, 5.74) is 2.32. The number of benzene rings is 2. The van der Waals surface area contributed by atoms with E-state index in [0.29, 0.717) is 5.56 Å². The molecule has 0 bridgehead atoms. The molecule has 0 aliphatic rings. The van der Waals surface area contributed by atoms with Crippen molar-refractivity contribution in [2.75, 3.05) is 7.11 Å². The van der Waals surface area contributed by atoms with Crippen LogP contribution in [0.2, 0.25) is 0 Å². The Morgan fingerprint density at radius 2 is 1.95 bits per heavy atom. The van der Waals surface area contributed by atoms with Gasteiger partial charge in [-0.3, -0.25) is 4.98 Å². The van der Waals surface area contributed by atoms with E-state index < -0.39 is 11.8 Å². The van der Waals surface area contributed by atoms with Crippen molar-refractivity contribution in [1.82, 2.24) is 4.98 Å². The minimum atomic E-state index is -0.566. The van der Waals surface area contributed by atoms with Gasteiger partial charge in [0.1, 0.15) is 5.82 Å². The number of halogens is 1. The van der Waals surface area contributed by atoms with Gasteiger partial charge in [0.05, 0.1) is 18.2 Å². The first kappa shape index (κ1) is 13.2. The SMILES string of the molecule is COC(=O)c1cc(F)cc(-c2cccc3cccnc23)c1. The number of para-hydroxylation sites is 1. The Balaban J connectivity index is 2.23. The lowest BCUT2D eigenvalue weighted by atomic mass is 10.00. The first-order chi connectivity index (χ1) is 10.2. The maximum Gasteiger partial charge on any atom is 0.337 e. The fraction of sp³-hybridized carbons (Fsp3) is 0.0588. The zero-order valence-corrected chi connectivity index (χ0v) is 11.3. The van der Waals surface area contributed by atoms with Crippen LogP contribution in [0.1, 0.15) is 10.4 Å². The molecule has 3 rings (SSSR count). The Bertz CT molecular complexity index is 825. The molecule has 0 N–H and O–H groups in total. The van der Waals surface area contributed by atoms with Crippen molar-refractivity contribution in [3.63, 3.8) is 0 Å². The van der Waals surface area contributed by atoms with Crippen LogP contribution in [0.25, 0.3) is 22.0 Å². The molecule has 0 spiro atoms. The van der Waals surface area contributed by atoms with E-state index in [0.717, 1.165) is 22.5 Å². The molecule has 1 heterocycles. The van der Waals surface area contributed by atoms with Crippen molar-refractivity contribution in [2.45, 2.75) is 0 Å². The molecule has 0 saturated heterocycles. The summed E-state index contributed by atoms with van der Waals surface area (Å²) in [6.07, 6.45) is 1.69. The fourth-order valence-electron chi connectivity index (χ4n) is 2.32. The van der Waals surface area contributed by atoms with Crippen molar-refractivity contribution < 1.29 is 13.9 Å². The summed E-state index contributed by atoms with van der Waals surface area (Å²) in [6.45, 7) is 0. The van der Waals surface area contributed by atoms with Gasteiger partial charge in [-0.05, 0) is 29.8 Å². The van der Waals surface area contributed by atoms with Crippen LogP contribution in [-0.4, -0.2) is 18.1 Å². The smallest absolute Gasteiger partial charge is 0.337 e. The number of pyridine rings is 1. The van der Waals surface area contributed by atoms with Crippen LogP contribution in [0.15, 0.2) is 54.7 Å². The Labute approximate surface area is 121 Å². The second kappa shape index (κ2) is 5.32. The highest BCUT2D eigenvalue weighted by Gasteiger charge is 2.12. The predicted octanol–water partition coefficient (Wildman–Crippen LogP) is 3.83. The number of carbonyl (C=O) groups excluding carboxylic acids is 1. The van der Waals surface area contributed by atoms with Crippen molar-refractivity contribution in [3.05, 3.63) is 66.1 Å². The Morgan fingerprint density at radius 1 is 1.14 bits per heavy atom. The first-order valence-corrected chi connectivity index (χ1v) is 6.42. The maximum absolute atomic E-state index is 13.8. The quantitative estimate of drug-likeness (QED) is 0.670. The summed E-state index contributed by atoms with van der Waals surface area (Å²) >= 11 is 0. The topological polar surface area (TPSA) is 39.2 Å². The van der Waals surface area contributed by atoms with Crippen LogP contribution in [0.5, 0.6) is 0 Å². The Kier molecular flexibility index (Phi) is 3.36. The molecule has 3 nitrogen and oxygen atoms in total. The number of rotatable bonds is 2. The number of methoxy groups -OCH3 is 1. The van der Waals surface area contributed by atoms with Crippen molar-refractivity contribution in [2.24, 2.45) is 0 Å². The lowest BCUT2D eigenvalue weighted by molar-refractivity contribution is 0.0600. The van der Waals surface area contributed by atoms with Crippen LogP contribution in [0.3, 0.4) is 0 Å². The summed E-state index contributed by atoms with van der Waals surface area (Å²) in [5.74, 6) is -1.05. The van der Waals surface area contributed by atoms with Crippen LogP contribution in [0, 0.1) is 5.82 Å². The number of hydrogen-bond donors (Lipinski definition) is 0. The second-order valence-corrected chi connectivity index (χ2v) is 4.60. The lowest BCUT2D eigenvalue weighted by Gasteiger charge is -2.08. The van der Waals surface area contributed by atoms with E-state index in [-0.39, 0.29) is 5.56 Å². The van der Waals surface area contributed by atoms with E-state index in [2.05, 4.69) is 9.72 Å². The summed E-state index contributed by atoms with van der Waals surface area (Å²) in [4.78, 5) is 16.0. The monoisotopic (exact) mass is 281 g/mol. The fourth-order valence-corrected chi connectivity index (χ4v) is 2.32. The van der Waals surface area contributed by atoms with E-state index in [1.54, 1.807) is 12.3 Å². The van der Waals surface area contributed by atoms with Crippen molar-refractivity contribution in [1.29, 1.82) is 0 Å². The van der Waals surface area contributed by atoms with Gasteiger partial charge in [0.2, 0.25) is 0 Å². The number of ether oxygens (including phenoxy) is 1. The number of fused-ring (bicyclic) bond motifs is 1. The van der Waals surface area contributed by atoms with E-state index in [4.69, 9.17) is 0 Å². The zero-order chi connectivity index (χ0) is 14.8. The van der Waals surface area contributed by atoms with Gasteiger partial charge in [0.25, 0.3) is 0 Å². The number of esters is 1. The molecule has 0 radical (unpaired) electrons. The number of aromatic nitrogens is 1. The summed E-state index contributed by atoms with van der Waals surface area (Å²) < 4.78 is 18.4. The van der Waals surface area contributed by atoms with Gasteiger partial charge in [0.15, 0.2) is 0 Å². The third-order valence-electron chi connectivity index (χ3n) is 3.26. The molecular formula is C17H12FNO2. The van der Waals surface area contributed by atoms with Crippen LogP contribution in [-0.2, 0) is 4.74 Å². The largest absolute Gasteiger partial charge is 0.465 e. The van der Waals surface area contributed by atoms with Gasteiger partial charge in [0, 0.05) is 17.1 Å². The highest BCUT2D eigenvalue weighted by Crippen LogP contribution is 2.28. The van der Waals surface area contributed by atoms with Crippen molar-refractivity contribution >= 4 is 16.9 Å². The van der Waals surface area contributed by atoms with Gasteiger partial charge >= 0.3 is 5.97 Å². The second-order valence-electron chi connectivity index (χ2n) is 4.60. The summed E-state index contributed by atoms with van der Waals surface area (Å²) in [5, 5.41) is 0.957. The zero-order valence-electron chi connectivity index (χ0n) is 11.3. The van der Waals surface area contributed by atoms with Gasteiger partial charge in [-0.1, -0.05) is 24.3 Å². The standard InChI is InChI=1S/C17H12FNO2/c1-21-17(20)13-8-12(9-14(18)10-13)15-6-2-4-11-5-3-7-19-16(11)15/h2-10H,1H3. The highest BCUT2D eigenvalue weighted by atomic mass is 19.1. The molecule has 0 fully saturated rings. The number of carbonyl (C=O) groups is 1. The molecule has 0 unspecified atom stereocenters. The average molecular weight is 281 g/mol. The molecule has 21 heavy (non-hydrogen) atoms. The Hall–Kier alpha value is -2.75. The Morgan fingerprint density at radius 3 is 2.76 bits per heavy atom. The third-order valence-corrected chi connectivity index (χ3v) is 3.26. The van der Waals surface area contributed by atoms with E-state index in [1.807, 2.05) is 30.3 Å². The van der Waals surface area contributed by atoms with Gasteiger partial charge < -0.3 is 4.74 Å². The molecule has 0 aliphatic heterocycles. The van der Waals surface area contributed by atoms with Gasteiger partial charge in [-0.25, -0.2) is 9.18 Å². The van der Waals surface area contributed by atoms with Crippen LogP contribution < -0.4 is 0 Å². The van der Waals surface area contributed by atoms with Gasteiger partial charge in [-0.2, -0.15) is 0 Å². The molecule has 0 aliphatic carbocycles. The minimum absolute atomic E-state index is 0.181. The normalized spacial score (nSPS) is 10.6. The number of hydrogen-bond acceptors (Lipinski definition) is 3. The third kappa shape index (κ3) is 2.48. The van der Waals surface area contributed by atoms with E-state index in [9.17, 15) is 9.18 Å². The average Bonchev–Trinajstić information content (AvgIpc) is 2.53. The van der Waals surface area contributed by atoms with E-state index >= 15 is 0 Å². The van der Waals surface area contributed by atoms with Gasteiger partial charge in [-0.15, -0.1) is 0 Å². The molecule has 0 atom stereocenters. The molecule has 104 valence electrons. The van der Waals surface area contributed by atoms with Crippen molar-refractivity contribution in [3.8, 4) is 11.1 Å². The molecule has 1 aromatic heterocycles. The first-order valence-electron chi connectivity index (χ1n) is 6.42. The minimum Gasteiger partial charge on any atom is -0.465 e. The predicted molar refractivity (Wildman–Crippen MR) is 78.5 cm³/mol. The summed E-state index contributed by atoms with van der Waals surface area (Å²) in [6, 6.07) is 13.6. The molecule has 0 saturated carbocycles. The molecular weight excluding hydrogens is 269 g/mol. The lowest BCUT2D eigenvalue weighted by Crippen LogP contribution is -2.02. The maximum atomic E-state index is 13.8.